The zero-order chi connectivity index (χ0) is 21.1. The van der Waals surface area contributed by atoms with Gasteiger partial charge in [0.05, 0.1) is 31.0 Å². The second-order valence-electron chi connectivity index (χ2n) is 9.20. The highest BCUT2D eigenvalue weighted by Gasteiger charge is 2.64. The van der Waals surface area contributed by atoms with Crippen LogP contribution in [0.2, 0.25) is 0 Å². The maximum atomic E-state index is 13.6. The van der Waals surface area contributed by atoms with Crippen molar-refractivity contribution in [1.82, 2.24) is 4.90 Å². The summed E-state index contributed by atoms with van der Waals surface area (Å²) >= 11 is 0. The second-order valence-corrected chi connectivity index (χ2v) is 9.20. The number of methoxy groups -OCH3 is 1. The molecule has 3 aliphatic rings. The molecule has 2 saturated heterocycles. The van der Waals surface area contributed by atoms with Crippen LogP contribution in [0.15, 0.2) is 30.3 Å². The maximum Gasteiger partial charge on any atom is 0.235 e. The first-order chi connectivity index (χ1) is 13.7. The van der Waals surface area contributed by atoms with Gasteiger partial charge < -0.3 is 9.64 Å². The largest absolute Gasteiger partial charge is 0.383 e. The Kier molecular flexibility index (Phi) is 4.65. The fraction of sp³-hybridized carbons (Fsp3) is 0.522. The molecule has 154 valence electrons. The lowest BCUT2D eigenvalue weighted by atomic mass is 9.79. The van der Waals surface area contributed by atoms with Crippen LogP contribution in [0, 0.1) is 17.3 Å². The molecule has 0 aromatic heterocycles. The summed E-state index contributed by atoms with van der Waals surface area (Å²) in [6.07, 6.45) is 2.06. The smallest absolute Gasteiger partial charge is 0.235 e. The van der Waals surface area contributed by atoms with Crippen LogP contribution in [0.1, 0.15) is 33.3 Å². The van der Waals surface area contributed by atoms with E-state index in [4.69, 9.17) is 4.74 Å². The van der Waals surface area contributed by atoms with Crippen LogP contribution >= 0.6 is 0 Å². The van der Waals surface area contributed by atoms with Gasteiger partial charge in [-0.3, -0.25) is 19.3 Å². The number of hydrogen-bond acceptors (Lipinski definition) is 5. The zero-order valence-corrected chi connectivity index (χ0v) is 17.6. The number of rotatable bonds is 4. The second kappa shape index (κ2) is 6.80. The molecule has 0 spiro atoms. The van der Waals surface area contributed by atoms with Crippen molar-refractivity contribution in [1.29, 1.82) is 0 Å². The van der Waals surface area contributed by atoms with Crippen LogP contribution < -0.4 is 4.90 Å². The number of allylic oxidation sites excluding steroid dienone is 1. The van der Waals surface area contributed by atoms with Gasteiger partial charge in [0, 0.05) is 23.8 Å². The molecule has 0 N–H and O–H groups in total. The highest BCUT2D eigenvalue weighted by molar-refractivity contribution is 6.12. The monoisotopic (exact) mass is 396 g/mol. The van der Waals surface area contributed by atoms with Gasteiger partial charge >= 0.3 is 0 Å². The van der Waals surface area contributed by atoms with E-state index in [1.807, 2.05) is 56.9 Å². The lowest BCUT2D eigenvalue weighted by Gasteiger charge is -2.39. The molecule has 0 unspecified atom stereocenters. The molecule has 4 atom stereocenters. The van der Waals surface area contributed by atoms with Crippen molar-refractivity contribution in [3.05, 3.63) is 35.9 Å². The van der Waals surface area contributed by atoms with E-state index in [0.29, 0.717) is 6.61 Å². The fourth-order valence-electron chi connectivity index (χ4n) is 5.01. The minimum Gasteiger partial charge on any atom is -0.383 e. The fourth-order valence-corrected chi connectivity index (χ4v) is 5.01. The Balaban J connectivity index is 1.86. The summed E-state index contributed by atoms with van der Waals surface area (Å²) < 4.78 is 5.09. The molecule has 0 bridgehead atoms. The van der Waals surface area contributed by atoms with Gasteiger partial charge in [-0.05, 0) is 18.6 Å². The van der Waals surface area contributed by atoms with Gasteiger partial charge in [0.15, 0.2) is 5.78 Å². The summed E-state index contributed by atoms with van der Waals surface area (Å²) in [5.41, 5.74) is 2.42. The summed E-state index contributed by atoms with van der Waals surface area (Å²) in [4.78, 5) is 43.5. The van der Waals surface area contributed by atoms with Crippen molar-refractivity contribution in [3.63, 3.8) is 0 Å². The molecule has 1 aromatic rings. The number of hydrogen-bond donors (Lipinski definition) is 0. The van der Waals surface area contributed by atoms with Gasteiger partial charge in [-0.25, -0.2) is 0 Å². The molecule has 2 amide bonds. The third-order valence-corrected chi connectivity index (χ3v) is 6.37. The molecular weight excluding hydrogens is 368 g/mol. The van der Waals surface area contributed by atoms with Gasteiger partial charge in [-0.15, -0.1) is 0 Å². The van der Waals surface area contributed by atoms with E-state index in [1.165, 1.54) is 4.90 Å². The average Bonchev–Trinajstić information content (AvgIpc) is 3.13. The van der Waals surface area contributed by atoms with Gasteiger partial charge in [-0.1, -0.05) is 45.0 Å². The zero-order valence-electron chi connectivity index (χ0n) is 17.6. The van der Waals surface area contributed by atoms with E-state index in [-0.39, 0.29) is 30.2 Å². The topological polar surface area (TPSA) is 66.9 Å². The van der Waals surface area contributed by atoms with Crippen molar-refractivity contribution in [2.24, 2.45) is 17.3 Å². The number of imide groups is 1. The number of amides is 2. The van der Waals surface area contributed by atoms with E-state index >= 15 is 0 Å². The SMILES string of the molecule is COCCN1C(=O)[C@@H]2[C@H](C1=O)[C@H](C(=O)C(C)(C)C)N1c3ccccc3C(C)=C[C@@H]21. The Bertz CT molecular complexity index is 914. The normalized spacial score (nSPS) is 28.2. The average molecular weight is 396 g/mol. The predicted octanol–water partition coefficient (Wildman–Crippen LogP) is 2.52. The Morgan fingerprint density at radius 2 is 1.76 bits per heavy atom. The van der Waals surface area contributed by atoms with Crippen molar-refractivity contribution < 1.29 is 19.1 Å². The van der Waals surface area contributed by atoms with Crippen molar-refractivity contribution >= 4 is 28.9 Å². The van der Waals surface area contributed by atoms with Crippen LogP contribution in [0.4, 0.5) is 5.69 Å². The predicted molar refractivity (Wildman–Crippen MR) is 110 cm³/mol. The molecule has 6 nitrogen and oxygen atoms in total. The molecule has 4 rings (SSSR count). The minimum atomic E-state index is -0.661. The van der Waals surface area contributed by atoms with E-state index in [0.717, 1.165) is 16.8 Å². The van der Waals surface area contributed by atoms with Crippen LogP contribution in [-0.2, 0) is 19.1 Å². The molecule has 0 radical (unpaired) electrons. The summed E-state index contributed by atoms with van der Waals surface area (Å²) in [5, 5.41) is 0. The van der Waals surface area contributed by atoms with Crippen LogP contribution in [0.3, 0.4) is 0 Å². The van der Waals surface area contributed by atoms with Gasteiger partial charge in [0.2, 0.25) is 11.8 Å². The van der Waals surface area contributed by atoms with Crippen LogP contribution in [0.5, 0.6) is 0 Å². The molecule has 2 fully saturated rings. The van der Waals surface area contributed by atoms with Crippen molar-refractivity contribution in [2.75, 3.05) is 25.2 Å². The third kappa shape index (κ3) is 2.84. The maximum absolute atomic E-state index is 13.6. The molecule has 3 aliphatic heterocycles. The van der Waals surface area contributed by atoms with E-state index in [1.54, 1.807) is 7.11 Å². The Labute approximate surface area is 171 Å². The van der Waals surface area contributed by atoms with E-state index < -0.39 is 23.3 Å². The number of carbonyl (C=O) groups excluding carboxylic acids is 3. The first-order valence-corrected chi connectivity index (χ1v) is 10.1. The highest BCUT2D eigenvalue weighted by Crippen LogP contribution is 2.50. The standard InChI is InChI=1S/C23H28N2O4/c1-13-12-16-17-18(22(28)24(21(17)27)10-11-29-5)19(20(26)23(2,3)4)25(16)15-9-7-6-8-14(13)15/h6-9,12,16-19H,10-11H2,1-5H3/t16-,17-,18-,19+/m0/s1. The number of Topliss-reactive ketones (excluding diaryl/α,β-unsaturated/α-hetero) is 1. The number of para-hydroxylation sites is 1. The van der Waals surface area contributed by atoms with Crippen molar-refractivity contribution in [3.8, 4) is 0 Å². The summed E-state index contributed by atoms with van der Waals surface area (Å²) in [6.45, 7) is 8.16. The highest BCUT2D eigenvalue weighted by atomic mass is 16.5. The quantitative estimate of drug-likeness (QED) is 0.732. The van der Waals surface area contributed by atoms with Gasteiger partial charge in [-0.2, -0.15) is 0 Å². The lowest BCUT2D eigenvalue weighted by molar-refractivity contribution is -0.142. The number of ketones is 1. The molecule has 3 heterocycles. The lowest BCUT2D eigenvalue weighted by Crippen LogP contribution is -2.51. The Morgan fingerprint density at radius 3 is 2.41 bits per heavy atom. The Hall–Kier alpha value is -2.47. The molecule has 6 heteroatoms. The van der Waals surface area contributed by atoms with Gasteiger partial charge in [0.1, 0.15) is 6.04 Å². The van der Waals surface area contributed by atoms with E-state index in [2.05, 4.69) is 6.08 Å². The molecule has 0 saturated carbocycles. The van der Waals surface area contributed by atoms with E-state index in [9.17, 15) is 14.4 Å². The number of ether oxygens (including phenoxy) is 1. The van der Waals surface area contributed by atoms with Crippen molar-refractivity contribution in [2.45, 2.75) is 39.8 Å². The number of carbonyl (C=O) groups is 3. The Morgan fingerprint density at radius 1 is 1.10 bits per heavy atom. The number of fused-ring (bicyclic) bond motifs is 5. The molecular formula is C23H28N2O4. The van der Waals surface area contributed by atoms with Crippen LogP contribution in [-0.4, -0.2) is 54.8 Å². The number of benzene rings is 1. The molecule has 0 aliphatic carbocycles. The summed E-state index contributed by atoms with van der Waals surface area (Å²) in [5.74, 6) is -1.66. The number of likely N-dealkylation sites (tertiary alicyclic amines) is 1. The minimum absolute atomic E-state index is 0.00695. The third-order valence-electron chi connectivity index (χ3n) is 6.37. The number of anilines is 1. The van der Waals surface area contributed by atoms with Gasteiger partial charge in [0.25, 0.3) is 0 Å². The number of nitrogens with zero attached hydrogens (tertiary/aromatic N) is 2. The van der Waals surface area contributed by atoms with Crippen LogP contribution in [0.25, 0.3) is 5.57 Å². The first-order valence-electron chi connectivity index (χ1n) is 10.1. The summed E-state index contributed by atoms with van der Waals surface area (Å²) in [6, 6.07) is 6.97. The molecule has 29 heavy (non-hydrogen) atoms. The first kappa shape index (κ1) is 19.8. The summed E-state index contributed by atoms with van der Waals surface area (Å²) in [7, 11) is 1.55. The molecule has 1 aromatic carbocycles.